The van der Waals surface area contributed by atoms with Gasteiger partial charge in [0.05, 0.1) is 0 Å². The number of benzene rings is 18. The molecule has 478 valence electrons. The van der Waals surface area contributed by atoms with E-state index in [9.17, 15) is 0 Å². The van der Waals surface area contributed by atoms with Gasteiger partial charge >= 0.3 is 0 Å². The second-order valence-corrected chi connectivity index (χ2v) is 29.7. The van der Waals surface area contributed by atoms with Crippen LogP contribution in [0, 0.1) is 0 Å². The Bertz CT molecular complexity index is 6470. The molecular weight excluding hydrogens is 1210 g/mol. The molecule has 2 aliphatic rings. The third kappa shape index (κ3) is 9.94. The van der Waals surface area contributed by atoms with E-state index >= 15 is 0 Å². The minimum Gasteiger partial charge on any atom is -0.0622 e. The maximum Gasteiger partial charge on any atom is 0.0171 e. The van der Waals surface area contributed by atoms with E-state index in [2.05, 4.69) is 375 Å². The van der Waals surface area contributed by atoms with Crippen molar-refractivity contribution in [3.8, 4) is 89.0 Å². The van der Waals surface area contributed by atoms with Gasteiger partial charge in [-0.1, -0.05) is 315 Å². The predicted molar refractivity (Wildman–Crippen MR) is 435 cm³/mol. The van der Waals surface area contributed by atoms with E-state index in [1.165, 1.54) is 203 Å². The molecule has 0 amide bonds. The molecule has 0 fully saturated rings. The van der Waals surface area contributed by atoms with E-state index in [0.29, 0.717) is 5.92 Å². The third-order valence-electron chi connectivity index (χ3n) is 22.7. The Morgan fingerprint density at radius 1 is 0.198 bits per heavy atom. The fraction of sp³-hybridized carbons (Fsp3) is 0.0891. The molecule has 0 aromatic heterocycles. The smallest absolute Gasteiger partial charge is 0.0171 e. The van der Waals surface area contributed by atoms with Crippen LogP contribution in [0.1, 0.15) is 75.3 Å². The van der Waals surface area contributed by atoms with Gasteiger partial charge in [0.25, 0.3) is 0 Å². The number of hydrogen-bond acceptors (Lipinski definition) is 0. The van der Waals surface area contributed by atoms with Crippen molar-refractivity contribution in [2.24, 2.45) is 0 Å². The molecule has 0 heteroatoms. The van der Waals surface area contributed by atoms with Crippen LogP contribution in [0.3, 0.4) is 0 Å². The number of hydrogen-bond donors (Lipinski definition) is 0. The molecule has 0 saturated carbocycles. The Hall–Kier alpha value is -12.0. The summed E-state index contributed by atoms with van der Waals surface area (Å²) in [5.41, 5.74) is 27.4. The van der Waals surface area contributed by atoms with Crippen molar-refractivity contribution in [2.45, 2.75) is 58.3 Å². The summed E-state index contributed by atoms with van der Waals surface area (Å²) < 4.78 is 0. The molecule has 2 aliphatic carbocycles. The molecule has 0 spiro atoms. The highest BCUT2D eigenvalue weighted by molar-refractivity contribution is 6.13. The standard InChI is InChI=1S/C52H40.C49H34/c1-32(2)41-28-42(40-22-21-38-26-37(19-20-39(38)27-40)36-18-17-33-11-5-6-13-35(33)25-36)30-43(29-41)48-31-49-50(46-16-10-9-15-45(46)48)47-24-23-34-12-7-8-14-44(34)51(47)52(49,3)4;1-49(2)47-42-15-9-6-12-33(42)20-24-44(47)45-25-22-37-28-38(21-23-43(37)48(45)49)46-30-40(29-36-13-7-8-14-41(36)46)35-19-17-32-16-18-34(26-39(32)27-35)31-10-4-3-5-11-31/h5-32H,1-4H3;3-30H,1-2H3. The molecule has 0 unspecified atom stereocenters. The molecule has 20 rings (SSSR count). The first-order valence-electron chi connectivity index (χ1n) is 35.9. The monoisotopic (exact) mass is 1290 g/mol. The van der Waals surface area contributed by atoms with Gasteiger partial charge in [-0.05, 0) is 270 Å². The Kier molecular flexibility index (Phi) is 13.9. The van der Waals surface area contributed by atoms with Crippen LogP contribution in [0.25, 0.3) is 175 Å². The lowest BCUT2D eigenvalue weighted by molar-refractivity contribution is 0.667. The van der Waals surface area contributed by atoms with Gasteiger partial charge in [-0.2, -0.15) is 0 Å². The van der Waals surface area contributed by atoms with Crippen molar-refractivity contribution in [3.63, 3.8) is 0 Å². The molecule has 18 aromatic rings. The van der Waals surface area contributed by atoms with E-state index in [1.807, 2.05) is 0 Å². The Labute approximate surface area is 591 Å². The second-order valence-electron chi connectivity index (χ2n) is 29.7. The fourth-order valence-corrected chi connectivity index (χ4v) is 17.6. The summed E-state index contributed by atoms with van der Waals surface area (Å²) in [4.78, 5) is 0. The van der Waals surface area contributed by atoms with Crippen LogP contribution in [0.15, 0.2) is 334 Å². The summed E-state index contributed by atoms with van der Waals surface area (Å²) in [6.45, 7) is 14.3. The van der Waals surface area contributed by atoms with Gasteiger partial charge in [-0.15, -0.1) is 0 Å². The van der Waals surface area contributed by atoms with Gasteiger partial charge in [0.15, 0.2) is 0 Å². The molecule has 0 saturated heterocycles. The van der Waals surface area contributed by atoms with Crippen LogP contribution in [0.5, 0.6) is 0 Å². The first-order valence-corrected chi connectivity index (χ1v) is 35.9. The normalized spacial score (nSPS) is 13.3. The van der Waals surface area contributed by atoms with Crippen LogP contribution in [0.4, 0.5) is 0 Å². The Morgan fingerprint density at radius 3 is 1.20 bits per heavy atom. The second kappa shape index (κ2) is 23.3. The topological polar surface area (TPSA) is 0 Å². The van der Waals surface area contributed by atoms with Crippen LogP contribution in [-0.4, -0.2) is 0 Å². The lowest BCUT2D eigenvalue weighted by atomic mass is 9.78. The SMILES string of the molecule is CC(C)c1cc(-c2ccc3cc(-c4ccc5ccccc5c4)ccc3c2)cc(-c2cc3c(c4ccccc24)-c2ccc4ccccc4c2C3(C)C)c1.CC1(C)c2c(ccc3ccccc23)-c2ccc3cc(-c4cc(-c5ccc6ccc(-c7ccccc7)cc6c5)cc5ccccc45)ccc3c21. The average molecular weight is 1290 g/mol. The van der Waals surface area contributed by atoms with Crippen LogP contribution >= 0.6 is 0 Å². The van der Waals surface area contributed by atoms with E-state index in [4.69, 9.17) is 0 Å². The van der Waals surface area contributed by atoms with Crippen molar-refractivity contribution in [1.82, 2.24) is 0 Å². The summed E-state index contributed by atoms with van der Waals surface area (Å²) in [5.74, 6) is 0.399. The lowest BCUT2D eigenvalue weighted by Gasteiger charge is -2.25. The average Bonchev–Trinajstić information content (AvgIpc) is 1.56. The molecule has 0 nitrogen and oxygen atoms in total. The van der Waals surface area contributed by atoms with E-state index in [0.717, 1.165) is 0 Å². The largest absolute Gasteiger partial charge is 0.0622 e. The van der Waals surface area contributed by atoms with Crippen LogP contribution in [-0.2, 0) is 10.8 Å². The zero-order valence-electron chi connectivity index (χ0n) is 57.8. The number of fused-ring (bicyclic) bond motifs is 18. The van der Waals surface area contributed by atoms with Crippen LogP contribution in [0.2, 0.25) is 0 Å². The Balaban J connectivity index is 0.000000140. The summed E-state index contributed by atoms with van der Waals surface area (Å²) in [6.07, 6.45) is 0. The molecule has 0 radical (unpaired) electrons. The molecule has 0 atom stereocenters. The molecule has 18 aromatic carbocycles. The summed E-state index contributed by atoms with van der Waals surface area (Å²) in [7, 11) is 0. The minimum absolute atomic E-state index is 0.102. The quantitative estimate of drug-likeness (QED) is 0.149. The van der Waals surface area contributed by atoms with Gasteiger partial charge < -0.3 is 0 Å². The highest BCUT2D eigenvalue weighted by Gasteiger charge is 2.40. The zero-order valence-corrected chi connectivity index (χ0v) is 57.8. The maximum atomic E-state index is 2.52. The Morgan fingerprint density at radius 2 is 0.574 bits per heavy atom. The fourth-order valence-electron chi connectivity index (χ4n) is 17.6. The van der Waals surface area contributed by atoms with Crippen LogP contribution < -0.4 is 0 Å². The maximum absolute atomic E-state index is 2.52. The molecule has 0 N–H and O–H groups in total. The lowest BCUT2D eigenvalue weighted by Crippen LogP contribution is -2.16. The van der Waals surface area contributed by atoms with E-state index < -0.39 is 0 Å². The molecule has 101 heavy (non-hydrogen) atoms. The number of rotatable bonds is 7. The highest BCUT2D eigenvalue weighted by atomic mass is 14.4. The van der Waals surface area contributed by atoms with E-state index in [-0.39, 0.29) is 10.8 Å². The summed E-state index contributed by atoms with van der Waals surface area (Å²) in [5, 5.41) is 20.7. The predicted octanol–water partition coefficient (Wildman–Crippen LogP) is 28.3. The van der Waals surface area contributed by atoms with Crippen molar-refractivity contribution < 1.29 is 0 Å². The highest BCUT2D eigenvalue weighted by Crippen LogP contribution is 2.57. The first-order chi connectivity index (χ1) is 49.4. The van der Waals surface area contributed by atoms with Crippen molar-refractivity contribution in [3.05, 3.63) is 361 Å². The minimum atomic E-state index is -0.132. The van der Waals surface area contributed by atoms with Gasteiger partial charge in [-0.25, -0.2) is 0 Å². The molecule has 0 aliphatic heterocycles. The summed E-state index contributed by atoms with van der Waals surface area (Å²) >= 11 is 0. The van der Waals surface area contributed by atoms with Gasteiger partial charge in [0.1, 0.15) is 0 Å². The van der Waals surface area contributed by atoms with Gasteiger partial charge in [-0.3, -0.25) is 0 Å². The van der Waals surface area contributed by atoms with Gasteiger partial charge in [0.2, 0.25) is 0 Å². The van der Waals surface area contributed by atoms with Crippen molar-refractivity contribution in [2.75, 3.05) is 0 Å². The molecular formula is C101H74. The first kappa shape index (κ1) is 60.2. The van der Waals surface area contributed by atoms with Crippen molar-refractivity contribution >= 4 is 86.2 Å². The van der Waals surface area contributed by atoms with E-state index in [1.54, 1.807) is 0 Å². The van der Waals surface area contributed by atoms with Gasteiger partial charge in [0, 0.05) is 10.8 Å². The zero-order chi connectivity index (χ0) is 67.8. The summed E-state index contributed by atoms with van der Waals surface area (Å²) in [6, 6.07) is 125. The molecule has 0 heterocycles. The molecule has 0 bridgehead atoms. The van der Waals surface area contributed by atoms with Crippen molar-refractivity contribution in [1.29, 1.82) is 0 Å². The third-order valence-corrected chi connectivity index (χ3v) is 22.7.